The number of nitrogens with zero attached hydrogens (tertiary/aromatic N) is 1. The predicted molar refractivity (Wildman–Crippen MR) is 67.7 cm³/mol. The van der Waals surface area contributed by atoms with Crippen molar-refractivity contribution in [2.45, 2.75) is 6.92 Å². The molecule has 2 rings (SSSR count). The molecule has 4 nitrogen and oxygen atoms in total. The summed E-state index contributed by atoms with van der Waals surface area (Å²) >= 11 is 0. The van der Waals surface area contributed by atoms with Gasteiger partial charge >= 0.3 is 0 Å². The highest BCUT2D eigenvalue weighted by Gasteiger charge is 2.14. The maximum absolute atomic E-state index is 11.5. The molecule has 0 saturated carbocycles. The van der Waals surface area contributed by atoms with Crippen molar-refractivity contribution in [3.8, 4) is 5.75 Å². The van der Waals surface area contributed by atoms with E-state index in [9.17, 15) is 4.79 Å². The van der Waals surface area contributed by atoms with Crippen molar-refractivity contribution in [3.63, 3.8) is 0 Å². The summed E-state index contributed by atoms with van der Waals surface area (Å²) in [5, 5.41) is 3.11. The van der Waals surface area contributed by atoms with Crippen molar-refractivity contribution < 1.29 is 9.53 Å². The van der Waals surface area contributed by atoms with Crippen LogP contribution in [0.5, 0.6) is 5.75 Å². The van der Waals surface area contributed by atoms with E-state index in [1.807, 2.05) is 31.2 Å². The first-order valence-corrected chi connectivity index (χ1v) is 6.00. The van der Waals surface area contributed by atoms with Crippen LogP contribution in [-0.4, -0.2) is 38.6 Å². The molecule has 1 heterocycles. The minimum Gasteiger partial charge on any atom is -0.494 e. The van der Waals surface area contributed by atoms with E-state index in [2.05, 4.69) is 10.2 Å². The van der Waals surface area contributed by atoms with Gasteiger partial charge in [0, 0.05) is 18.8 Å². The summed E-state index contributed by atoms with van der Waals surface area (Å²) in [6.45, 7) is 5.31. The average Bonchev–Trinajstić information content (AvgIpc) is 2.55. The molecule has 4 heteroatoms. The van der Waals surface area contributed by atoms with Crippen molar-refractivity contribution >= 4 is 11.5 Å². The molecule has 0 amide bonds. The second kappa shape index (κ2) is 5.68. The molecule has 1 N–H and O–H groups in total. The van der Waals surface area contributed by atoms with Crippen LogP contribution in [0.4, 0.5) is 5.69 Å². The molecular weight excluding hydrogens is 216 g/mol. The number of Topliss-reactive ketones (excluding diaryl/α,β-unsaturated/α-hetero) is 1. The van der Waals surface area contributed by atoms with Gasteiger partial charge in [0.25, 0.3) is 0 Å². The Morgan fingerprint density at radius 3 is 2.82 bits per heavy atom. The summed E-state index contributed by atoms with van der Waals surface area (Å²) in [6, 6.07) is 7.90. The van der Waals surface area contributed by atoms with E-state index < -0.39 is 0 Å². The predicted octanol–water partition coefficient (Wildman–Crippen LogP) is 1.06. The maximum Gasteiger partial charge on any atom is 0.165 e. The molecular formula is C13H18N2O2. The van der Waals surface area contributed by atoms with Gasteiger partial charge in [-0.1, -0.05) is 0 Å². The van der Waals surface area contributed by atoms with Gasteiger partial charge in [0.2, 0.25) is 0 Å². The highest BCUT2D eigenvalue weighted by atomic mass is 16.5. The molecule has 0 aliphatic carbocycles. The Morgan fingerprint density at radius 1 is 1.35 bits per heavy atom. The largest absolute Gasteiger partial charge is 0.494 e. The molecule has 92 valence electrons. The molecule has 0 unspecified atom stereocenters. The number of hydrogen-bond acceptors (Lipinski definition) is 4. The van der Waals surface area contributed by atoms with Gasteiger partial charge in [-0.3, -0.25) is 4.79 Å². The molecule has 1 aliphatic rings. The highest BCUT2D eigenvalue weighted by Crippen LogP contribution is 2.19. The molecule has 1 saturated heterocycles. The summed E-state index contributed by atoms with van der Waals surface area (Å²) in [6.07, 6.45) is 0. The number of carbonyl (C=O) groups is 1. The monoisotopic (exact) mass is 234 g/mol. The Kier molecular flexibility index (Phi) is 3.98. The Hall–Kier alpha value is -1.55. The van der Waals surface area contributed by atoms with Crippen molar-refractivity contribution in [3.05, 3.63) is 24.3 Å². The average molecular weight is 234 g/mol. The lowest BCUT2D eigenvalue weighted by atomic mass is 10.2. The zero-order valence-corrected chi connectivity index (χ0v) is 10.1. The van der Waals surface area contributed by atoms with Crippen molar-refractivity contribution in [1.82, 2.24) is 5.32 Å². The Morgan fingerprint density at radius 2 is 2.12 bits per heavy atom. The van der Waals surface area contributed by atoms with Gasteiger partial charge in [-0.25, -0.2) is 0 Å². The van der Waals surface area contributed by atoms with Crippen LogP contribution in [0.1, 0.15) is 6.92 Å². The van der Waals surface area contributed by atoms with Crippen LogP contribution in [0.15, 0.2) is 24.3 Å². The SMILES string of the molecule is CCOc1ccc(N2CCNCC(=O)C2)cc1. The van der Waals surface area contributed by atoms with Crippen molar-refractivity contribution in [2.24, 2.45) is 0 Å². The number of ketones is 1. The normalized spacial score (nSPS) is 16.8. The number of benzene rings is 1. The second-order valence-corrected chi connectivity index (χ2v) is 4.06. The third-order valence-corrected chi connectivity index (χ3v) is 2.76. The number of carbonyl (C=O) groups excluding carboxylic acids is 1. The number of hydrogen-bond donors (Lipinski definition) is 1. The molecule has 1 fully saturated rings. The van der Waals surface area contributed by atoms with Crippen LogP contribution in [-0.2, 0) is 4.79 Å². The van der Waals surface area contributed by atoms with E-state index in [0.717, 1.165) is 24.5 Å². The lowest BCUT2D eigenvalue weighted by Gasteiger charge is -2.21. The second-order valence-electron chi connectivity index (χ2n) is 4.06. The van der Waals surface area contributed by atoms with Crippen molar-refractivity contribution in [2.75, 3.05) is 37.7 Å². The van der Waals surface area contributed by atoms with Gasteiger partial charge in [-0.2, -0.15) is 0 Å². The number of nitrogens with one attached hydrogen (secondary N) is 1. The van der Waals surface area contributed by atoms with E-state index in [-0.39, 0.29) is 5.78 Å². The molecule has 0 spiro atoms. The van der Waals surface area contributed by atoms with Gasteiger partial charge in [0.15, 0.2) is 5.78 Å². The number of rotatable bonds is 3. The Balaban J connectivity index is 2.07. The molecule has 0 bridgehead atoms. The molecule has 0 radical (unpaired) electrons. The van der Waals surface area contributed by atoms with E-state index >= 15 is 0 Å². The van der Waals surface area contributed by atoms with Gasteiger partial charge < -0.3 is 15.0 Å². The van der Waals surface area contributed by atoms with Crippen LogP contribution in [0.2, 0.25) is 0 Å². The minimum atomic E-state index is 0.233. The zero-order chi connectivity index (χ0) is 12.1. The molecule has 1 aromatic rings. The van der Waals surface area contributed by atoms with Gasteiger partial charge in [0.1, 0.15) is 5.75 Å². The van der Waals surface area contributed by atoms with E-state index in [0.29, 0.717) is 19.7 Å². The van der Waals surface area contributed by atoms with Gasteiger partial charge in [-0.15, -0.1) is 0 Å². The minimum absolute atomic E-state index is 0.233. The standard InChI is InChI=1S/C13H18N2O2/c1-2-17-13-5-3-11(4-6-13)15-8-7-14-9-12(16)10-15/h3-6,14H,2,7-10H2,1H3. The Bertz CT molecular complexity index is 376. The summed E-state index contributed by atoms with van der Waals surface area (Å²) in [5.41, 5.74) is 1.07. The first-order valence-electron chi connectivity index (χ1n) is 6.00. The first kappa shape index (κ1) is 11.9. The summed E-state index contributed by atoms with van der Waals surface area (Å²) in [7, 11) is 0. The van der Waals surface area contributed by atoms with Crippen LogP contribution >= 0.6 is 0 Å². The molecule has 1 aromatic carbocycles. The topological polar surface area (TPSA) is 41.6 Å². The zero-order valence-electron chi connectivity index (χ0n) is 10.1. The first-order chi connectivity index (χ1) is 8.29. The molecule has 0 atom stereocenters. The highest BCUT2D eigenvalue weighted by molar-refractivity contribution is 5.85. The maximum atomic E-state index is 11.5. The summed E-state index contributed by atoms with van der Waals surface area (Å²) in [4.78, 5) is 13.6. The van der Waals surface area contributed by atoms with Gasteiger partial charge in [-0.05, 0) is 31.2 Å². The molecule has 17 heavy (non-hydrogen) atoms. The fourth-order valence-electron chi connectivity index (χ4n) is 1.93. The lowest BCUT2D eigenvalue weighted by molar-refractivity contribution is -0.116. The van der Waals surface area contributed by atoms with Gasteiger partial charge in [0.05, 0.1) is 19.7 Å². The quantitative estimate of drug-likeness (QED) is 0.849. The smallest absolute Gasteiger partial charge is 0.165 e. The van der Waals surface area contributed by atoms with E-state index in [4.69, 9.17) is 4.74 Å². The summed E-state index contributed by atoms with van der Waals surface area (Å²) in [5.74, 6) is 1.10. The van der Waals surface area contributed by atoms with E-state index in [1.54, 1.807) is 0 Å². The van der Waals surface area contributed by atoms with E-state index in [1.165, 1.54) is 0 Å². The lowest BCUT2D eigenvalue weighted by Crippen LogP contribution is -2.29. The van der Waals surface area contributed by atoms with Crippen LogP contribution in [0.3, 0.4) is 0 Å². The van der Waals surface area contributed by atoms with Crippen LogP contribution < -0.4 is 15.0 Å². The van der Waals surface area contributed by atoms with Crippen molar-refractivity contribution in [1.29, 1.82) is 0 Å². The fourth-order valence-corrected chi connectivity index (χ4v) is 1.93. The fraction of sp³-hybridized carbons (Fsp3) is 0.462. The third kappa shape index (κ3) is 3.20. The third-order valence-electron chi connectivity index (χ3n) is 2.76. The molecule has 1 aliphatic heterocycles. The number of anilines is 1. The molecule has 0 aromatic heterocycles. The number of ether oxygens (including phenoxy) is 1. The van der Waals surface area contributed by atoms with Crippen LogP contribution in [0, 0.1) is 0 Å². The Labute approximate surface area is 102 Å². The summed E-state index contributed by atoms with van der Waals surface area (Å²) < 4.78 is 5.40. The van der Waals surface area contributed by atoms with Crippen LogP contribution in [0.25, 0.3) is 0 Å².